The summed E-state index contributed by atoms with van der Waals surface area (Å²) >= 11 is 1.56. The summed E-state index contributed by atoms with van der Waals surface area (Å²) in [5.74, 6) is 2.58. The molecule has 2 fully saturated rings. The summed E-state index contributed by atoms with van der Waals surface area (Å²) in [6.07, 6.45) is 6.87. The van der Waals surface area contributed by atoms with Gasteiger partial charge in [0.05, 0.1) is 11.7 Å². The molecule has 0 N–H and O–H groups in total. The first kappa shape index (κ1) is 14.9. The lowest BCUT2D eigenvalue weighted by Gasteiger charge is -2.32. The molecule has 2 aliphatic carbocycles. The quantitative estimate of drug-likeness (QED) is 0.802. The van der Waals surface area contributed by atoms with Crippen molar-refractivity contribution in [2.24, 2.45) is 22.7 Å². The maximum Gasteiger partial charge on any atom is 0.267 e. The second-order valence-electron chi connectivity index (χ2n) is 7.62. The van der Waals surface area contributed by atoms with E-state index in [0.29, 0.717) is 30.3 Å². The first-order chi connectivity index (χ1) is 11.6. The maximum absolute atomic E-state index is 13.8. The zero-order valence-corrected chi connectivity index (χ0v) is 14.3. The summed E-state index contributed by atoms with van der Waals surface area (Å²) in [4.78, 5) is 17.2. The van der Waals surface area contributed by atoms with Gasteiger partial charge in [-0.15, -0.1) is 0 Å². The lowest BCUT2D eigenvalue weighted by atomic mass is 9.87. The van der Waals surface area contributed by atoms with Gasteiger partial charge in [0.25, 0.3) is 5.91 Å². The Morgan fingerprint density at radius 3 is 3.04 bits per heavy atom. The van der Waals surface area contributed by atoms with E-state index < -0.39 is 4.75 Å². The molecule has 0 saturated heterocycles. The zero-order valence-electron chi connectivity index (χ0n) is 13.5. The van der Waals surface area contributed by atoms with E-state index in [4.69, 9.17) is 4.74 Å². The lowest BCUT2D eigenvalue weighted by Crippen LogP contribution is -2.34. The topological polar surface area (TPSA) is 38.7 Å². The average Bonchev–Trinajstić information content (AvgIpc) is 3.25. The predicted octanol–water partition coefficient (Wildman–Crippen LogP) is 4.30. The van der Waals surface area contributed by atoms with Crippen LogP contribution < -0.4 is 4.74 Å². The molecule has 4 atom stereocenters. The molecule has 0 radical (unpaired) electrons. The van der Waals surface area contributed by atoms with Crippen molar-refractivity contribution in [1.82, 2.24) is 0 Å². The van der Waals surface area contributed by atoms with Crippen LogP contribution in [0.4, 0.5) is 4.39 Å². The standard InChI is InChI=1S/C19H20FNO2S/c20-14-3-4-16-15(10-14)19(5-6-23-16)18(22)21-17(24-19)9-13-8-11-1-2-12(13)7-11/h3-4,10-13H,1-2,5-9H2/t11-,12+,13-,19?/m1/s1. The van der Waals surface area contributed by atoms with Crippen molar-refractivity contribution in [1.29, 1.82) is 0 Å². The van der Waals surface area contributed by atoms with Gasteiger partial charge in [-0.05, 0) is 61.6 Å². The monoisotopic (exact) mass is 345 g/mol. The third-order valence-corrected chi connectivity index (χ3v) is 7.71. The molecule has 1 unspecified atom stereocenters. The number of hydrogen-bond donors (Lipinski definition) is 0. The fourth-order valence-electron chi connectivity index (χ4n) is 5.12. The van der Waals surface area contributed by atoms with Gasteiger partial charge in [0.2, 0.25) is 0 Å². The van der Waals surface area contributed by atoms with Crippen LogP contribution in [0.15, 0.2) is 23.2 Å². The van der Waals surface area contributed by atoms with Gasteiger partial charge >= 0.3 is 0 Å². The molecule has 4 aliphatic rings. The van der Waals surface area contributed by atoms with Crippen LogP contribution in [0, 0.1) is 23.6 Å². The molecule has 126 valence electrons. The van der Waals surface area contributed by atoms with Gasteiger partial charge in [0.1, 0.15) is 16.3 Å². The van der Waals surface area contributed by atoms with Gasteiger partial charge in [0.15, 0.2) is 0 Å². The Bertz CT molecular complexity index is 749. The molecule has 2 aliphatic heterocycles. The van der Waals surface area contributed by atoms with Gasteiger partial charge in [0, 0.05) is 12.0 Å². The smallest absolute Gasteiger partial charge is 0.267 e. The van der Waals surface area contributed by atoms with Gasteiger partial charge in [-0.3, -0.25) is 4.79 Å². The van der Waals surface area contributed by atoms with E-state index in [-0.39, 0.29) is 11.7 Å². The Morgan fingerprint density at radius 2 is 2.25 bits per heavy atom. The van der Waals surface area contributed by atoms with Gasteiger partial charge < -0.3 is 4.74 Å². The number of nitrogens with zero attached hydrogens (tertiary/aromatic N) is 1. The molecule has 2 bridgehead atoms. The highest BCUT2D eigenvalue weighted by atomic mass is 32.2. The Labute approximate surface area is 145 Å². The highest BCUT2D eigenvalue weighted by Crippen LogP contribution is 2.55. The molecule has 1 aromatic rings. The molecular formula is C19H20FNO2S. The third-order valence-electron chi connectivity index (χ3n) is 6.27. The fraction of sp³-hybridized carbons (Fsp3) is 0.579. The number of aliphatic imine (C=N–C) groups is 1. The maximum atomic E-state index is 13.8. The lowest BCUT2D eigenvalue weighted by molar-refractivity contribution is -0.120. The molecule has 24 heavy (non-hydrogen) atoms. The van der Waals surface area contributed by atoms with Crippen molar-refractivity contribution in [2.75, 3.05) is 6.61 Å². The van der Waals surface area contributed by atoms with E-state index in [0.717, 1.165) is 23.3 Å². The summed E-state index contributed by atoms with van der Waals surface area (Å²) < 4.78 is 18.6. The summed E-state index contributed by atoms with van der Waals surface area (Å²) in [6, 6.07) is 4.47. The van der Waals surface area contributed by atoms with Crippen LogP contribution in [-0.2, 0) is 9.54 Å². The van der Waals surface area contributed by atoms with Crippen LogP contribution in [0.1, 0.15) is 44.1 Å². The Hall–Kier alpha value is -1.36. The number of thioether (sulfide) groups is 1. The van der Waals surface area contributed by atoms with Crippen LogP contribution in [0.5, 0.6) is 5.75 Å². The molecule has 2 saturated carbocycles. The Morgan fingerprint density at radius 1 is 1.33 bits per heavy atom. The van der Waals surface area contributed by atoms with Crippen LogP contribution in [0.2, 0.25) is 0 Å². The first-order valence-corrected chi connectivity index (χ1v) is 9.69. The summed E-state index contributed by atoms with van der Waals surface area (Å²) in [6.45, 7) is 0.480. The Kier molecular flexibility index (Phi) is 3.31. The number of fused-ring (bicyclic) bond motifs is 4. The van der Waals surface area contributed by atoms with Crippen molar-refractivity contribution in [2.45, 2.75) is 43.3 Å². The van der Waals surface area contributed by atoms with Crippen LogP contribution in [-0.4, -0.2) is 17.6 Å². The van der Waals surface area contributed by atoms with E-state index in [2.05, 4.69) is 4.99 Å². The molecule has 0 aromatic heterocycles. The van der Waals surface area contributed by atoms with Gasteiger partial charge in [-0.1, -0.05) is 18.2 Å². The molecule has 1 amide bonds. The highest BCUT2D eigenvalue weighted by molar-refractivity contribution is 8.15. The number of carbonyl (C=O) groups excluding carboxylic acids is 1. The fourth-order valence-corrected chi connectivity index (χ4v) is 6.54. The number of hydrogen-bond acceptors (Lipinski definition) is 3. The number of amides is 1. The average molecular weight is 345 g/mol. The minimum absolute atomic E-state index is 0.124. The van der Waals surface area contributed by atoms with E-state index in [1.54, 1.807) is 17.8 Å². The van der Waals surface area contributed by atoms with Gasteiger partial charge in [-0.25, -0.2) is 9.38 Å². The normalized spacial score (nSPS) is 36.8. The molecule has 1 aromatic carbocycles. The van der Waals surface area contributed by atoms with E-state index in [1.807, 2.05) is 0 Å². The number of carbonyl (C=O) groups is 1. The van der Waals surface area contributed by atoms with Crippen molar-refractivity contribution in [3.05, 3.63) is 29.6 Å². The summed E-state index contributed by atoms with van der Waals surface area (Å²) in [5, 5.41) is 0.953. The second-order valence-corrected chi connectivity index (χ2v) is 8.99. The van der Waals surface area contributed by atoms with Crippen LogP contribution in [0.3, 0.4) is 0 Å². The van der Waals surface area contributed by atoms with E-state index in [9.17, 15) is 9.18 Å². The number of benzene rings is 1. The number of ether oxygens (including phenoxy) is 1. The molecule has 3 nitrogen and oxygen atoms in total. The SMILES string of the molecule is O=C1N=C(C[C@H]2C[C@@H]3CC[C@H]2C3)SC12CCOc1ccc(F)cc12. The van der Waals surface area contributed by atoms with Gasteiger partial charge in [-0.2, -0.15) is 0 Å². The minimum Gasteiger partial charge on any atom is -0.493 e. The highest BCUT2D eigenvalue weighted by Gasteiger charge is 2.51. The largest absolute Gasteiger partial charge is 0.493 e. The van der Waals surface area contributed by atoms with Crippen molar-refractivity contribution in [3.8, 4) is 5.75 Å². The first-order valence-electron chi connectivity index (χ1n) is 8.88. The second kappa shape index (κ2) is 5.32. The minimum atomic E-state index is -0.761. The van der Waals surface area contributed by atoms with Crippen molar-refractivity contribution < 1.29 is 13.9 Å². The summed E-state index contributed by atoms with van der Waals surface area (Å²) in [7, 11) is 0. The van der Waals surface area contributed by atoms with E-state index in [1.165, 1.54) is 37.8 Å². The van der Waals surface area contributed by atoms with E-state index >= 15 is 0 Å². The molecule has 5 rings (SSSR count). The molecular weight excluding hydrogens is 325 g/mol. The number of rotatable bonds is 2. The van der Waals surface area contributed by atoms with Crippen molar-refractivity contribution in [3.63, 3.8) is 0 Å². The zero-order chi connectivity index (χ0) is 16.3. The van der Waals surface area contributed by atoms with Crippen molar-refractivity contribution >= 4 is 22.7 Å². The summed E-state index contributed by atoms with van der Waals surface area (Å²) in [5.41, 5.74) is 0.662. The molecule has 1 spiro atoms. The Balaban J connectivity index is 1.42. The predicted molar refractivity (Wildman–Crippen MR) is 91.8 cm³/mol. The third kappa shape index (κ3) is 2.17. The molecule has 2 heterocycles. The molecule has 5 heteroatoms. The number of halogens is 1. The van der Waals surface area contributed by atoms with Crippen LogP contribution >= 0.6 is 11.8 Å². The van der Waals surface area contributed by atoms with Crippen LogP contribution in [0.25, 0.3) is 0 Å².